The first-order valence-corrected chi connectivity index (χ1v) is 15.0. The van der Waals surface area contributed by atoms with E-state index in [9.17, 15) is 19.2 Å². The predicted molar refractivity (Wildman–Crippen MR) is 215 cm³/mol. The maximum Gasteiger partial charge on any atom is 0.0782 e. The van der Waals surface area contributed by atoms with Crippen molar-refractivity contribution in [2.24, 2.45) is 0 Å². The molecule has 0 saturated heterocycles. The van der Waals surface area contributed by atoms with Gasteiger partial charge >= 0.3 is 0 Å². The van der Waals surface area contributed by atoms with Gasteiger partial charge in [0.25, 0.3) is 0 Å². The summed E-state index contributed by atoms with van der Waals surface area (Å²) in [6.45, 7) is 0. The summed E-state index contributed by atoms with van der Waals surface area (Å²) in [4.78, 5) is 0. The van der Waals surface area contributed by atoms with Gasteiger partial charge in [0, 0.05) is 43.7 Å². The van der Waals surface area contributed by atoms with Crippen molar-refractivity contribution in [1.29, 1.82) is 0 Å². The van der Waals surface area contributed by atoms with Crippen LogP contribution in [0.15, 0.2) is 187 Å². The molecule has 3 heteroatoms. The quantitative estimate of drug-likeness (QED) is 0.176. The van der Waals surface area contributed by atoms with Crippen molar-refractivity contribution in [3.8, 4) is 28.2 Å². The Morgan fingerprint density at radius 1 is 0.294 bits per heavy atom. The number of fused-ring (bicyclic) bond motifs is 9. The van der Waals surface area contributed by atoms with Crippen LogP contribution in [0.3, 0.4) is 0 Å². The van der Waals surface area contributed by atoms with Gasteiger partial charge in [0.15, 0.2) is 0 Å². The Hall–Kier alpha value is -6.84. The molecule has 0 N–H and O–H groups in total. The van der Waals surface area contributed by atoms with E-state index >= 15 is 0 Å². The topological polar surface area (TPSA) is 14.8 Å². The Labute approximate surface area is 338 Å². The molecule has 3 heterocycles. The second-order valence-corrected chi connectivity index (χ2v) is 11.0. The van der Waals surface area contributed by atoms with Crippen molar-refractivity contribution in [1.82, 2.24) is 13.7 Å². The van der Waals surface area contributed by atoms with Crippen molar-refractivity contribution in [3.63, 3.8) is 0 Å². The van der Waals surface area contributed by atoms with Crippen LogP contribution in [0.1, 0.15) is 42.5 Å². The van der Waals surface area contributed by atoms with Gasteiger partial charge in [0.1, 0.15) is 0 Å². The highest BCUT2D eigenvalue weighted by Gasteiger charge is 2.21. The summed E-state index contributed by atoms with van der Waals surface area (Å²) in [7, 11) is 0. The lowest BCUT2D eigenvalue weighted by molar-refractivity contribution is 1.12. The van der Waals surface area contributed by atoms with Gasteiger partial charge in [-0.3, -0.25) is 0 Å². The molecule has 0 radical (unpaired) electrons. The highest BCUT2D eigenvalue weighted by Crippen LogP contribution is 2.41. The third-order valence-corrected chi connectivity index (χ3v) is 8.40. The van der Waals surface area contributed by atoms with Crippen LogP contribution in [0.4, 0.5) is 0 Å². The van der Waals surface area contributed by atoms with Gasteiger partial charge in [-0.05, 0) is 65.5 Å². The van der Waals surface area contributed by atoms with E-state index in [2.05, 4.69) is 0 Å². The third-order valence-electron chi connectivity index (χ3n) is 8.40. The first kappa shape index (κ1) is 11.3. The number of aromatic nitrogens is 3. The first-order chi connectivity index (χ1) is 38.2. The largest absolute Gasteiger partial charge is 0.309 e. The smallest absolute Gasteiger partial charge is 0.0782 e. The number of nitrogens with zero attached hydrogens (tertiary/aromatic N) is 3. The van der Waals surface area contributed by atoms with Crippen LogP contribution >= 0.6 is 0 Å². The Kier molecular flexibility index (Phi) is 2.41. The molecule has 0 spiro atoms. The second-order valence-electron chi connectivity index (χ2n) is 11.0. The SMILES string of the molecule is [2H]c1c([2H])c([2H])c(-c2c([2H])c([2H])c(-n3c4c([2H])c([2H])c([2H])c([2H])c4c4c([2H])c([2H])c([2H])c(-n5c6c([2H])c([2H])c([2H])c([2H])c6c6c([2H])c([2H])c(-n7c8c([2H])c([2H])c([2H])c([2H])c8c8c([2H])c([2H])c([2H])c([2H])c87)c([2H])c65)c43)c([2H])c2[2H])c([2H])c1[2H]. The first-order valence-electron chi connectivity index (χ1n) is 30.5. The van der Waals surface area contributed by atoms with Gasteiger partial charge in [0.05, 0.1) is 81.3 Å². The van der Waals surface area contributed by atoms with Gasteiger partial charge in [-0.2, -0.15) is 0 Å². The highest BCUT2D eigenvalue weighted by atomic mass is 15.1. The molecule has 0 fully saturated rings. The maximum absolute atomic E-state index is 10.3. The summed E-state index contributed by atoms with van der Waals surface area (Å²) >= 11 is 0. The van der Waals surface area contributed by atoms with Crippen LogP contribution in [0, 0.1) is 0 Å². The van der Waals surface area contributed by atoms with Crippen molar-refractivity contribution >= 4 is 65.4 Å². The van der Waals surface area contributed by atoms with Crippen molar-refractivity contribution in [2.45, 2.75) is 0 Å². The molecule has 51 heavy (non-hydrogen) atoms. The molecule has 11 rings (SSSR count). The lowest BCUT2D eigenvalue weighted by atomic mass is 10.1. The third kappa shape index (κ3) is 4.06. The normalized spacial score (nSPS) is 20.4. The molecule has 11 aromatic rings. The zero-order valence-electron chi connectivity index (χ0n) is 56.3. The minimum absolute atomic E-state index is 0.527. The number of rotatable bonds is 4. The molecule has 0 bridgehead atoms. The number of hydrogen-bond donors (Lipinski definition) is 0. The van der Waals surface area contributed by atoms with Crippen LogP contribution < -0.4 is 0 Å². The van der Waals surface area contributed by atoms with E-state index in [0.717, 1.165) is 4.57 Å². The molecule has 8 aromatic carbocycles. The fourth-order valence-corrected chi connectivity index (χ4v) is 6.34. The average Bonchev–Trinajstić information content (AvgIpc) is 2.17. The van der Waals surface area contributed by atoms with Gasteiger partial charge < -0.3 is 13.7 Å². The Balaban J connectivity index is 1.46. The van der Waals surface area contributed by atoms with Crippen LogP contribution in [0.5, 0.6) is 0 Å². The Morgan fingerprint density at radius 3 is 1.37 bits per heavy atom. The molecule has 0 saturated carbocycles. The van der Waals surface area contributed by atoms with Gasteiger partial charge in [0.2, 0.25) is 0 Å². The minimum atomic E-state index is -1.15. The van der Waals surface area contributed by atoms with Gasteiger partial charge in [-0.15, -0.1) is 0 Å². The van der Waals surface area contributed by atoms with Crippen LogP contribution in [-0.2, 0) is 0 Å². The molecular weight excluding hydrogens is 619 g/mol. The molecule has 0 aliphatic rings. The molecule has 0 atom stereocenters. The molecule has 0 aliphatic heterocycles. The number of benzene rings is 8. The number of para-hydroxylation sites is 5. The predicted octanol–water partition coefficient (Wildman–Crippen LogP) is 12.6. The summed E-state index contributed by atoms with van der Waals surface area (Å²) in [5, 5.41) is -3.76. The van der Waals surface area contributed by atoms with Crippen LogP contribution in [0.25, 0.3) is 93.6 Å². The summed E-state index contributed by atoms with van der Waals surface area (Å²) < 4.78 is 284. The number of hydrogen-bond acceptors (Lipinski definition) is 0. The molecule has 3 aromatic heterocycles. The van der Waals surface area contributed by atoms with E-state index < -0.39 is 281 Å². The second kappa shape index (κ2) is 10.8. The van der Waals surface area contributed by atoms with Crippen LogP contribution in [0.2, 0.25) is 0 Å². The Bertz CT molecular complexity index is 4800. The summed E-state index contributed by atoms with van der Waals surface area (Å²) in [6.07, 6.45) is 0. The monoisotopic (exact) mass is 680 g/mol. The van der Waals surface area contributed by atoms with Crippen LogP contribution in [-0.4, -0.2) is 13.7 Å². The average molecular weight is 681 g/mol. The Morgan fingerprint density at radius 2 is 0.745 bits per heavy atom. The minimum Gasteiger partial charge on any atom is -0.309 e. The van der Waals surface area contributed by atoms with Crippen molar-refractivity contribution < 1.29 is 42.5 Å². The summed E-state index contributed by atoms with van der Waals surface area (Å²) in [6, 6.07) is -30.2. The molecule has 238 valence electrons. The van der Waals surface area contributed by atoms with Crippen molar-refractivity contribution in [3.05, 3.63) is 187 Å². The lowest BCUT2D eigenvalue weighted by Crippen LogP contribution is -2.01. The van der Waals surface area contributed by atoms with E-state index in [-0.39, 0.29) is 0 Å². The van der Waals surface area contributed by atoms with E-state index in [1.165, 1.54) is 0 Å². The zero-order chi connectivity index (χ0) is 60.4. The molecule has 0 amide bonds. The highest BCUT2D eigenvalue weighted by molar-refractivity contribution is 6.16. The van der Waals surface area contributed by atoms with E-state index in [1.807, 2.05) is 0 Å². The van der Waals surface area contributed by atoms with Gasteiger partial charge in [-0.25, -0.2) is 0 Å². The summed E-state index contributed by atoms with van der Waals surface area (Å²) in [5.74, 6) is 0. The lowest BCUT2D eigenvalue weighted by Gasteiger charge is -2.15. The maximum atomic E-state index is 10.3. The molecular formula is C48H31N3. The molecule has 0 unspecified atom stereocenters. The van der Waals surface area contributed by atoms with E-state index in [0.29, 0.717) is 9.13 Å². The van der Waals surface area contributed by atoms with E-state index in [4.69, 9.17) is 23.3 Å². The fraction of sp³-hybridized carbons (Fsp3) is 0. The zero-order valence-corrected chi connectivity index (χ0v) is 25.3. The van der Waals surface area contributed by atoms with Gasteiger partial charge in [-0.1, -0.05) is 133 Å². The van der Waals surface area contributed by atoms with Crippen molar-refractivity contribution in [2.75, 3.05) is 0 Å². The van der Waals surface area contributed by atoms with E-state index in [1.54, 1.807) is 0 Å². The molecule has 3 nitrogen and oxygen atoms in total. The summed E-state index contributed by atoms with van der Waals surface area (Å²) in [5.41, 5.74) is -8.81. The molecule has 0 aliphatic carbocycles. The fourth-order valence-electron chi connectivity index (χ4n) is 6.34. The standard InChI is InChI=1S/C48H31N3/c1-2-13-32(14-3-1)33-25-27-34(28-26-33)50-44-22-10-7-18-39(44)41-19-12-24-46(48(41)50)51-45-23-11-6-17-38(45)40-30-29-35(31-47(40)51)49-42-20-8-4-15-36(42)37-16-5-9-21-43(37)49/h1-31H/i1D,2D,3D,4D,5D,6D,7D,8D,9D,10D,11D,12D,13D,14D,15D,16D,17D,18D,19D,20D,21D,22D,23D,24D,25D,26D,27D,28D,29D,30D,31D.